The Morgan fingerprint density at radius 3 is 2.07 bits per heavy atom. The molecule has 4 atom stereocenters. The molecule has 3 unspecified atom stereocenters. The Labute approximate surface area is 179 Å². The SMILES string of the molecule is C=CC1CC(/C=C/CCCCCC)C(P(c2ccccc2)c2ccccc2)[C@@H]1C. The third-order valence-electron chi connectivity index (χ3n) is 6.47. The van der Waals surface area contributed by atoms with Crippen LogP contribution in [0.3, 0.4) is 0 Å². The second-order valence-corrected chi connectivity index (χ2v) is 10.8. The molecular weight excluding hydrogens is 367 g/mol. The minimum absolute atomic E-state index is 0.392. The lowest BCUT2D eigenvalue weighted by molar-refractivity contribution is 0.509. The van der Waals surface area contributed by atoms with E-state index in [1.54, 1.807) is 0 Å². The third kappa shape index (κ3) is 5.70. The summed E-state index contributed by atoms with van der Waals surface area (Å²) in [5, 5.41) is 3.02. The molecule has 0 bridgehead atoms. The topological polar surface area (TPSA) is 0 Å². The molecule has 0 heterocycles. The molecule has 1 fully saturated rings. The van der Waals surface area contributed by atoms with Gasteiger partial charge in [0.25, 0.3) is 0 Å². The van der Waals surface area contributed by atoms with Gasteiger partial charge in [0.15, 0.2) is 0 Å². The molecule has 2 aromatic carbocycles. The van der Waals surface area contributed by atoms with Crippen LogP contribution < -0.4 is 10.6 Å². The van der Waals surface area contributed by atoms with Crippen molar-refractivity contribution in [3.63, 3.8) is 0 Å². The Morgan fingerprint density at radius 2 is 1.52 bits per heavy atom. The molecule has 0 N–H and O–H groups in total. The average Bonchev–Trinajstić information content (AvgIpc) is 3.08. The van der Waals surface area contributed by atoms with Crippen LogP contribution in [0.2, 0.25) is 0 Å². The van der Waals surface area contributed by atoms with Crippen LogP contribution in [0.4, 0.5) is 0 Å². The first kappa shape index (κ1) is 22.0. The van der Waals surface area contributed by atoms with E-state index in [0.29, 0.717) is 23.4 Å². The van der Waals surface area contributed by atoms with E-state index in [1.807, 2.05) is 0 Å². The first-order chi connectivity index (χ1) is 14.3. The van der Waals surface area contributed by atoms with Gasteiger partial charge in [-0.2, -0.15) is 0 Å². The van der Waals surface area contributed by atoms with Crippen molar-refractivity contribution in [1.29, 1.82) is 0 Å². The predicted octanol–water partition coefficient (Wildman–Crippen LogP) is 7.47. The highest BCUT2D eigenvalue weighted by molar-refractivity contribution is 7.73. The fourth-order valence-electron chi connectivity index (χ4n) is 4.87. The molecule has 0 aromatic heterocycles. The minimum Gasteiger partial charge on any atom is -0.103 e. The first-order valence-electron chi connectivity index (χ1n) is 11.4. The van der Waals surface area contributed by atoms with E-state index < -0.39 is 7.92 Å². The van der Waals surface area contributed by atoms with E-state index in [-0.39, 0.29) is 0 Å². The van der Waals surface area contributed by atoms with Crippen LogP contribution >= 0.6 is 7.92 Å². The van der Waals surface area contributed by atoms with Gasteiger partial charge in [0.2, 0.25) is 0 Å². The van der Waals surface area contributed by atoms with Gasteiger partial charge in [-0.15, -0.1) is 6.58 Å². The molecule has 1 heteroatoms. The maximum atomic E-state index is 4.18. The first-order valence-corrected chi connectivity index (χ1v) is 12.9. The number of allylic oxidation sites excluding steroid dienone is 3. The van der Waals surface area contributed by atoms with Gasteiger partial charge in [-0.25, -0.2) is 0 Å². The maximum absolute atomic E-state index is 4.18. The van der Waals surface area contributed by atoms with Crippen LogP contribution in [0.15, 0.2) is 85.5 Å². The predicted molar refractivity (Wildman–Crippen MR) is 132 cm³/mol. The van der Waals surface area contributed by atoms with Gasteiger partial charge in [0.05, 0.1) is 0 Å². The summed E-state index contributed by atoms with van der Waals surface area (Å²) in [4.78, 5) is 0. The largest absolute Gasteiger partial charge is 0.103 e. The number of benzene rings is 2. The average molecular weight is 405 g/mol. The Bertz CT molecular complexity index is 709. The van der Waals surface area contributed by atoms with E-state index in [0.717, 1.165) is 0 Å². The molecule has 1 aliphatic carbocycles. The normalized spacial score (nSPS) is 24.4. The summed E-state index contributed by atoms with van der Waals surface area (Å²) in [7, 11) is -0.392. The van der Waals surface area contributed by atoms with Crippen LogP contribution in [0.5, 0.6) is 0 Å². The summed E-state index contributed by atoms with van der Waals surface area (Å²) in [6.45, 7) is 8.93. The van der Waals surface area contributed by atoms with E-state index in [1.165, 1.54) is 49.1 Å². The summed E-state index contributed by atoms with van der Waals surface area (Å²) in [6, 6.07) is 22.5. The Balaban J connectivity index is 1.88. The Morgan fingerprint density at radius 1 is 0.897 bits per heavy atom. The summed E-state index contributed by atoms with van der Waals surface area (Å²) in [5.41, 5.74) is 0.671. The lowest BCUT2D eigenvalue weighted by Crippen LogP contribution is -2.28. The lowest BCUT2D eigenvalue weighted by atomic mass is 9.98. The van der Waals surface area contributed by atoms with Gasteiger partial charge < -0.3 is 0 Å². The molecule has 3 rings (SSSR count). The molecule has 2 aromatic rings. The summed E-state index contributed by atoms with van der Waals surface area (Å²) in [6.07, 6.45) is 15.1. The highest BCUT2D eigenvalue weighted by Crippen LogP contribution is 2.55. The van der Waals surface area contributed by atoms with Crippen LogP contribution in [0.25, 0.3) is 0 Å². The van der Waals surface area contributed by atoms with Crippen molar-refractivity contribution in [3.05, 3.63) is 85.5 Å². The second-order valence-electron chi connectivity index (χ2n) is 8.47. The molecule has 0 radical (unpaired) electrons. The number of hydrogen-bond acceptors (Lipinski definition) is 0. The molecule has 1 saturated carbocycles. The van der Waals surface area contributed by atoms with Crippen molar-refractivity contribution in [3.8, 4) is 0 Å². The molecule has 0 spiro atoms. The standard InChI is InChI=1S/C28H37P/c1-4-6-7-8-9-12-17-25-22-24(5-2)23(3)28(25)29(26-18-13-10-14-19-26)27-20-15-11-16-21-27/h5,10-21,23-25,28H,2,4,6-9,22H2,1,3H3/b17-12+/t23-,24?,25?,28?/m1/s1. The quantitative estimate of drug-likeness (QED) is 0.219. The Hall–Kier alpha value is -1.65. The molecule has 1 aliphatic rings. The number of unbranched alkanes of at least 4 members (excludes halogenated alkanes) is 4. The van der Waals surface area contributed by atoms with Crippen LogP contribution in [-0.4, -0.2) is 5.66 Å². The van der Waals surface area contributed by atoms with E-state index in [9.17, 15) is 0 Å². The molecule has 29 heavy (non-hydrogen) atoms. The molecule has 0 aliphatic heterocycles. The molecular formula is C28H37P. The second kappa shape index (κ2) is 11.5. The van der Waals surface area contributed by atoms with Crippen LogP contribution in [0, 0.1) is 17.8 Å². The van der Waals surface area contributed by atoms with Gasteiger partial charge in [-0.3, -0.25) is 0 Å². The van der Waals surface area contributed by atoms with Gasteiger partial charge >= 0.3 is 0 Å². The van der Waals surface area contributed by atoms with Crippen LogP contribution in [-0.2, 0) is 0 Å². The van der Waals surface area contributed by atoms with Gasteiger partial charge in [-0.1, -0.05) is 112 Å². The molecule has 0 nitrogen and oxygen atoms in total. The summed E-state index contributed by atoms with van der Waals surface area (Å²) >= 11 is 0. The zero-order chi connectivity index (χ0) is 20.5. The lowest BCUT2D eigenvalue weighted by Gasteiger charge is -2.32. The van der Waals surface area contributed by atoms with Gasteiger partial charge in [0.1, 0.15) is 0 Å². The number of hydrogen-bond donors (Lipinski definition) is 0. The smallest absolute Gasteiger partial charge is 0.00344 e. The zero-order valence-electron chi connectivity index (χ0n) is 18.2. The minimum atomic E-state index is -0.392. The van der Waals surface area contributed by atoms with Crippen molar-refractivity contribution in [1.82, 2.24) is 0 Å². The van der Waals surface area contributed by atoms with Gasteiger partial charge in [0, 0.05) is 0 Å². The highest BCUT2D eigenvalue weighted by atomic mass is 31.1. The van der Waals surface area contributed by atoms with Crippen molar-refractivity contribution in [2.45, 2.75) is 58.0 Å². The van der Waals surface area contributed by atoms with E-state index in [4.69, 9.17) is 0 Å². The third-order valence-corrected chi connectivity index (χ3v) is 9.63. The van der Waals surface area contributed by atoms with Crippen LogP contribution in [0.1, 0.15) is 52.4 Å². The monoisotopic (exact) mass is 404 g/mol. The summed E-state index contributed by atoms with van der Waals surface area (Å²) in [5.74, 6) is 1.92. The molecule has 0 saturated heterocycles. The fraction of sp³-hybridized carbons (Fsp3) is 0.429. The van der Waals surface area contributed by atoms with Crippen molar-refractivity contribution >= 4 is 18.5 Å². The maximum Gasteiger partial charge on any atom is -0.00344 e. The molecule has 0 amide bonds. The van der Waals surface area contributed by atoms with E-state index in [2.05, 4.69) is 99.3 Å². The Kier molecular flexibility index (Phi) is 8.75. The zero-order valence-corrected chi connectivity index (χ0v) is 19.1. The highest BCUT2D eigenvalue weighted by Gasteiger charge is 2.43. The summed E-state index contributed by atoms with van der Waals surface area (Å²) < 4.78 is 0. The van der Waals surface area contributed by atoms with Crippen molar-refractivity contribution < 1.29 is 0 Å². The van der Waals surface area contributed by atoms with Crippen molar-refractivity contribution in [2.75, 3.05) is 0 Å². The van der Waals surface area contributed by atoms with E-state index >= 15 is 0 Å². The number of rotatable bonds is 10. The fourth-order valence-corrected chi connectivity index (χ4v) is 8.14. The molecule has 154 valence electrons. The van der Waals surface area contributed by atoms with Crippen molar-refractivity contribution in [2.24, 2.45) is 17.8 Å². The van der Waals surface area contributed by atoms with Gasteiger partial charge in [-0.05, 0) is 61.2 Å².